The van der Waals surface area contributed by atoms with Gasteiger partial charge in [0.15, 0.2) is 0 Å². The number of para-hydroxylation sites is 1. The van der Waals surface area contributed by atoms with E-state index in [1.165, 1.54) is 11.8 Å². The summed E-state index contributed by atoms with van der Waals surface area (Å²) in [5.41, 5.74) is 5.09. The Kier molecular flexibility index (Phi) is 8.18. The summed E-state index contributed by atoms with van der Waals surface area (Å²) in [5.74, 6) is -1.50. The number of amides is 1. The minimum absolute atomic E-state index is 0.00952. The minimum atomic E-state index is -4.16. The number of carbonyl (C=O) groups is 1. The molecule has 1 amide bonds. The Balaban J connectivity index is 1.80. The summed E-state index contributed by atoms with van der Waals surface area (Å²) in [4.78, 5) is 19.4. The largest absolute Gasteiger partial charge is 0.392 e. The monoisotopic (exact) mass is 471 g/mol. The minimum Gasteiger partial charge on any atom is -0.353 e. The number of aromatic nitrogens is 1. The smallest absolute Gasteiger partial charge is 0.353 e. The quantitative estimate of drug-likeness (QED) is 0.480. The molecular weight excluding hydrogens is 439 g/mol. The zero-order chi connectivity index (χ0) is 24.9. The van der Waals surface area contributed by atoms with Crippen molar-refractivity contribution in [1.82, 2.24) is 15.2 Å². The number of nitrogens with one attached hydrogen (secondary N) is 1. The standard InChI is InChI=1S/C27H32F3N3O/c1-5-14-33(4)24(18(3)6-2)17-32-26(34)21-15-20-8-7-9-23(25(20)31-16-21)19-10-12-22(13-11-19)27(28,29)30/h5,7-10,14-16,22H,6,11-13,17H2,1-4H3,(H,32,34)/b14-5-,24-18?. The number of rotatable bonds is 7. The average molecular weight is 472 g/mol. The van der Waals surface area contributed by atoms with Crippen molar-refractivity contribution in [2.75, 3.05) is 13.6 Å². The molecule has 1 aromatic carbocycles. The molecule has 3 rings (SSSR count). The summed E-state index contributed by atoms with van der Waals surface area (Å²) in [6, 6.07) is 7.40. The van der Waals surface area contributed by atoms with Gasteiger partial charge in [0, 0.05) is 29.9 Å². The van der Waals surface area contributed by atoms with E-state index in [1.807, 2.05) is 49.3 Å². The number of fused-ring (bicyclic) bond motifs is 1. The molecule has 1 heterocycles. The number of nitrogens with zero attached hydrogens (tertiary/aromatic N) is 2. The Morgan fingerprint density at radius 1 is 1.32 bits per heavy atom. The molecule has 1 N–H and O–H groups in total. The Morgan fingerprint density at radius 3 is 2.71 bits per heavy atom. The van der Waals surface area contributed by atoms with Crippen molar-refractivity contribution in [3.63, 3.8) is 0 Å². The van der Waals surface area contributed by atoms with E-state index in [9.17, 15) is 18.0 Å². The second-order valence-electron chi connectivity index (χ2n) is 8.70. The maximum absolute atomic E-state index is 13.0. The molecule has 4 nitrogen and oxygen atoms in total. The van der Waals surface area contributed by atoms with Crippen LogP contribution in [0.3, 0.4) is 0 Å². The maximum atomic E-state index is 13.0. The van der Waals surface area contributed by atoms with E-state index in [1.54, 1.807) is 12.1 Å². The van der Waals surface area contributed by atoms with E-state index in [4.69, 9.17) is 0 Å². The highest BCUT2D eigenvalue weighted by atomic mass is 19.4. The van der Waals surface area contributed by atoms with Gasteiger partial charge in [0.05, 0.1) is 23.5 Å². The van der Waals surface area contributed by atoms with Crippen molar-refractivity contribution in [2.45, 2.75) is 52.6 Å². The van der Waals surface area contributed by atoms with Gasteiger partial charge in [-0.2, -0.15) is 13.2 Å². The fourth-order valence-corrected chi connectivity index (χ4v) is 4.28. The molecule has 0 aliphatic heterocycles. The molecule has 182 valence electrons. The van der Waals surface area contributed by atoms with Crippen LogP contribution in [0.1, 0.15) is 62.4 Å². The van der Waals surface area contributed by atoms with Gasteiger partial charge in [-0.1, -0.05) is 42.8 Å². The third kappa shape index (κ3) is 5.88. The zero-order valence-electron chi connectivity index (χ0n) is 20.2. The van der Waals surface area contributed by atoms with Gasteiger partial charge in [0.25, 0.3) is 5.91 Å². The molecule has 1 aliphatic rings. The molecule has 2 aromatic rings. The van der Waals surface area contributed by atoms with Gasteiger partial charge >= 0.3 is 6.18 Å². The van der Waals surface area contributed by atoms with E-state index in [0.717, 1.165) is 28.6 Å². The number of hydrogen-bond acceptors (Lipinski definition) is 3. The van der Waals surface area contributed by atoms with Crippen LogP contribution >= 0.6 is 0 Å². The van der Waals surface area contributed by atoms with E-state index >= 15 is 0 Å². The normalized spacial score (nSPS) is 17.5. The summed E-state index contributed by atoms with van der Waals surface area (Å²) in [5, 5.41) is 3.77. The Labute approximate surface area is 199 Å². The summed E-state index contributed by atoms with van der Waals surface area (Å²) >= 11 is 0. The summed E-state index contributed by atoms with van der Waals surface area (Å²) in [6.45, 7) is 6.47. The van der Waals surface area contributed by atoms with E-state index in [2.05, 4.69) is 24.1 Å². The van der Waals surface area contributed by atoms with Gasteiger partial charge in [-0.15, -0.1) is 0 Å². The highest BCUT2D eigenvalue weighted by molar-refractivity contribution is 5.99. The van der Waals surface area contributed by atoms with Gasteiger partial charge in [-0.25, -0.2) is 0 Å². The topological polar surface area (TPSA) is 45.2 Å². The Bertz CT molecular complexity index is 1130. The van der Waals surface area contributed by atoms with Crippen LogP contribution < -0.4 is 5.32 Å². The Hall–Kier alpha value is -3.09. The number of pyridine rings is 1. The van der Waals surface area contributed by atoms with Crippen molar-refractivity contribution in [3.05, 3.63) is 71.2 Å². The second kappa shape index (κ2) is 10.9. The molecule has 1 aliphatic carbocycles. The third-order valence-electron chi connectivity index (χ3n) is 6.43. The van der Waals surface area contributed by atoms with Crippen LogP contribution in [0.5, 0.6) is 0 Å². The molecular formula is C27H32F3N3O. The second-order valence-corrected chi connectivity index (χ2v) is 8.70. The van der Waals surface area contributed by atoms with Gasteiger partial charge in [-0.05, 0) is 57.4 Å². The van der Waals surface area contributed by atoms with Crippen molar-refractivity contribution in [1.29, 1.82) is 0 Å². The number of likely N-dealkylation sites (N-methyl/N-ethyl adjacent to an activating group) is 1. The van der Waals surface area contributed by atoms with Gasteiger partial charge in [-0.3, -0.25) is 9.78 Å². The number of hydrogen-bond donors (Lipinski definition) is 1. The maximum Gasteiger partial charge on any atom is 0.392 e. The van der Waals surface area contributed by atoms with E-state index in [0.29, 0.717) is 24.0 Å². The molecule has 0 fully saturated rings. The predicted molar refractivity (Wildman–Crippen MR) is 131 cm³/mol. The molecule has 0 bridgehead atoms. The van der Waals surface area contributed by atoms with Crippen LogP contribution in [0.2, 0.25) is 0 Å². The lowest BCUT2D eigenvalue weighted by atomic mass is 9.85. The summed E-state index contributed by atoms with van der Waals surface area (Å²) in [6.07, 6.45) is 4.28. The first-order valence-corrected chi connectivity index (χ1v) is 11.6. The van der Waals surface area contributed by atoms with Crippen molar-refractivity contribution in [2.24, 2.45) is 5.92 Å². The van der Waals surface area contributed by atoms with E-state index < -0.39 is 12.1 Å². The van der Waals surface area contributed by atoms with Gasteiger partial charge in [0.2, 0.25) is 0 Å². The lowest BCUT2D eigenvalue weighted by Crippen LogP contribution is -2.30. The first kappa shape index (κ1) is 25.5. The first-order chi connectivity index (χ1) is 16.2. The van der Waals surface area contributed by atoms with Crippen LogP contribution in [-0.2, 0) is 0 Å². The molecule has 0 saturated carbocycles. The molecule has 0 radical (unpaired) electrons. The van der Waals surface area contributed by atoms with Crippen LogP contribution in [0.15, 0.2) is 60.1 Å². The summed E-state index contributed by atoms with van der Waals surface area (Å²) < 4.78 is 39.0. The number of alkyl halides is 3. The number of benzene rings is 1. The van der Waals surface area contributed by atoms with Crippen LogP contribution in [0.4, 0.5) is 13.2 Å². The first-order valence-electron chi connectivity index (χ1n) is 11.6. The number of carbonyl (C=O) groups excluding carboxylic acids is 1. The fourth-order valence-electron chi connectivity index (χ4n) is 4.28. The van der Waals surface area contributed by atoms with Crippen LogP contribution in [0, 0.1) is 5.92 Å². The van der Waals surface area contributed by atoms with Gasteiger partial charge < -0.3 is 10.2 Å². The SMILES string of the molecule is C/C=C\N(C)C(CNC(=O)c1cnc2c(C3=CCC(C(F)(F)F)CC3)cccc2c1)=C(C)CC. The third-order valence-corrected chi connectivity index (χ3v) is 6.43. The lowest BCUT2D eigenvalue weighted by Gasteiger charge is -2.24. The Morgan fingerprint density at radius 2 is 2.09 bits per heavy atom. The van der Waals surface area contributed by atoms with Crippen molar-refractivity contribution in [3.8, 4) is 0 Å². The average Bonchev–Trinajstić information content (AvgIpc) is 2.82. The molecule has 0 spiro atoms. The fraction of sp³-hybridized carbons (Fsp3) is 0.407. The molecule has 1 unspecified atom stereocenters. The van der Waals surface area contributed by atoms with Crippen LogP contribution in [0.25, 0.3) is 16.5 Å². The lowest BCUT2D eigenvalue weighted by molar-refractivity contribution is -0.175. The van der Waals surface area contributed by atoms with Crippen molar-refractivity contribution < 1.29 is 18.0 Å². The molecule has 1 aromatic heterocycles. The zero-order valence-corrected chi connectivity index (χ0v) is 20.2. The number of allylic oxidation sites excluding steroid dienone is 4. The van der Waals surface area contributed by atoms with E-state index in [-0.39, 0.29) is 18.7 Å². The molecule has 0 saturated heterocycles. The highest BCUT2D eigenvalue weighted by Crippen LogP contribution is 2.40. The number of halogens is 3. The predicted octanol–water partition coefficient (Wildman–Crippen LogP) is 6.86. The highest BCUT2D eigenvalue weighted by Gasteiger charge is 2.39. The summed E-state index contributed by atoms with van der Waals surface area (Å²) in [7, 11) is 1.95. The molecule has 34 heavy (non-hydrogen) atoms. The van der Waals surface area contributed by atoms with Gasteiger partial charge in [0.1, 0.15) is 0 Å². The van der Waals surface area contributed by atoms with Crippen LogP contribution in [-0.4, -0.2) is 35.6 Å². The van der Waals surface area contributed by atoms with Crippen molar-refractivity contribution >= 4 is 22.4 Å². The molecule has 1 atom stereocenters. The molecule has 7 heteroatoms.